The van der Waals surface area contributed by atoms with Crippen molar-refractivity contribution in [3.05, 3.63) is 0 Å². The molecule has 0 heterocycles. The van der Waals surface area contributed by atoms with Gasteiger partial charge < -0.3 is 15.2 Å². The quantitative estimate of drug-likeness (QED) is 0.807. The number of nitrogens with one attached hydrogen (secondary N) is 1. The van der Waals surface area contributed by atoms with E-state index in [1.165, 1.54) is 0 Å². The summed E-state index contributed by atoms with van der Waals surface area (Å²) in [5.41, 5.74) is -0.682. The number of aliphatic hydroxyl groups excluding tert-OH is 1. The van der Waals surface area contributed by atoms with Crippen LogP contribution in [0.5, 0.6) is 0 Å². The van der Waals surface area contributed by atoms with Crippen LogP contribution in [0.4, 0.5) is 18.0 Å². The SMILES string of the molecule is CC(C)(C)OC(=O)NCCC(CCO)C(F)(F)F. The molecule has 0 rings (SSSR count). The molecule has 0 saturated carbocycles. The molecular formula is C11H20F3NO3. The topological polar surface area (TPSA) is 58.6 Å². The van der Waals surface area contributed by atoms with Crippen molar-refractivity contribution in [1.29, 1.82) is 0 Å². The molecule has 4 nitrogen and oxygen atoms in total. The lowest BCUT2D eigenvalue weighted by Gasteiger charge is -2.21. The monoisotopic (exact) mass is 271 g/mol. The Morgan fingerprint density at radius 1 is 1.28 bits per heavy atom. The van der Waals surface area contributed by atoms with E-state index in [1.807, 2.05) is 0 Å². The summed E-state index contributed by atoms with van der Waals surface area (Å²) in [6.45, 7) is 4.32. The molecule has 0 bridgehead atoms. The highest BCUT2D eigenvalue weighted by Gasteiger charge is 2.38. The number of halogens is 3. The van der Waals surface area contributed by atoms with Gasteiger partial charge in [0, 0.05) is 13.2 Å². The number of ether oxygens (including phenoxy) is 1. The lowest BCUT2D eigenvalue weighted by atomic mass is 10.0. The van der Waals surface area contributed by atoms with Gasteiger partial charge in [-0.2, -0.15) is 13.2 Å². The van der Waals surface area contributed by atoms with Crippen molar-refractivity contribution in [3.8, 4) is 0 Å². The van der Waals surface area contributed by atoms with E-state index >= 15 is 0 Å². The summed E-state index contributed by atoms with van der Waals surface area (Å²) in [6, 6.07) is 0. The van der Waals surface area contributed by atoms with Crippen molar-refractivity contribution in [2.24, 2.45) is 5.92 Å². The van der Waals surface area contributed by atoms with Crippen LogP contribution in [-0.4, -0.2) is 36.1 Å². The molecule has 0 aliphatic heterocycles. The Morgan fingerprint density at radius 2 is 1.83 bits per heavy atom. The van der Waals surface area contributed by atoms with Crippen LogP contribution in [-0.2, 0) is 4.74 Å². The Bertz CT molecular complexity index is 261. The molecule has 1 unspecified atom stereocenters. The molecule has 0 aromatic carbocycles. The summed E-state index contributed by atoms with van der Waals surface area (Å²) < 4.78 is 42.2. The first kappa shape index (κ1) is 17.0. The maximum atomic E-state index is 12.4. The van der Waals surface area contributed by atoms with Crippen LogP contribution in [0.2, 0.25) is 0 Å². The molecule has 1 atom stereocenters. The van der Waals surface area contributed by atoms with Crippen LogP contribution in [0.3, 0.4) is 0 Å². The van der Waals surface area contributed by atoms with E-state index in [0.29, 0.717) is 0 Å². The lowest BCUT2D eigenvalue weighted by Crippen LogP contribution is -2.35. The Labute approximate surface area is 105 Å². The van der Waals surface area contributed by atoms with E-state index in [1.54, 1.807) is 20.8 Å². The molecule has 0 fully saturated rings. The second-order valence-electron chi connectivity index (χ2n) is 4.97. The third-order valence-corrected chi connectivity index (χ3v) is 2.10. The highest BCUT2D eigenvalue weighted by molar-refractivity contribution is 5.67. The number of hydrogen-bond acceptors (Lipinski definition) is 3. The third-order valence-electron chi connectivity index (χ3n) is 2.10. The van der Waals surface area contributed by atoms with Crippen molar-refractivity contribution >= 4 is 6.09 Å². The van der Waals surface area contributed by atoms with E-state index in [0.717, 1.165) is 0 Å². The number of rotatable bonds is 5. The first-order valence-corrected chi connectivity index (χ1v) is 5.70. The van der Waals surface area contributed by atoms with Crippen molar-refractivity contribution < 1.29 is 27.8 Å². The Morgan fingerprint density at radius 3 is 2.22 bits per heavy atom. The van der Waals surface area contributed by atoms with E-state index < -0.39 is 30.4 Å². The summed E-state index contributed by atoms with van der Waals surface area (Å²) in [5.74, 6) is -1.61. The van der Waals surface area contributed by atoms with Crippen LogP contribution in [0.1, 0.15) is 33.6 Å². The van der Waals surface area contributed by atoms with Gasteiger partial charge in [0.05, 0.1) is 5.92 Å². The van der Waals surface area contributed by atoms with Gasteiger partial charge in [-0.15, -0.1) is 0 Å². The summed E-state index contributed by atoms with van der Waals surface area (Å²) in [4.78, 5) is 11.2. The van der Waals surface area contributed by atoms with E-state index in [4.69, 9.17) is 9.84 Å². The Kier molecular flexibility index (Phi) is 6.45. The average Bonchev–Trinajstić information content (AvgIpc) is 2.11. The molecule has 0 spiro atoms. The molecule has 0 aromatic heterocycles. The highest BCUT2D eigenvalue weighted by atomic mass is 19.4. The smallest absolute Gasteiger partial charge is 0.407 e. The zero-order valence-corrected chi connectivity index (χ0v) is 10.8. The van der Waals surface area contributed by atoms with Gasteiger partial charge in [-0.1, -0.05) is 0 Å². The molecule has 0 saturated heterocycles. The molecule has 108 valence electrons. The average molecular weight is 271 g/mol. The molecule has 0 radical (unpaired) electrons. The fourth-order valence-corrected chi connectivity index (χ4v) is 1.29. The highest BCUT2D eigenvalue weighted by Crippen LogP contribution is 2.30. The zero-order valence-electron chi connectivity index (χ0n) is 10.8. The molecule has 7 heteroatoms. The minimum absolute atomic E-state index is 0.140. The lowest BCUT2D eigenvalue weighted by molar-refractivity contribution is -0.179. The van der Waals surface area contributed by atoms with Crippen molar-refractivity contribution in [3.63, 3.8) is 0 Å². The van der Waals surface area contributed by atoms with Crippen molar-refractivity contribution in [2.45, 2.75) is 45.4 Å². The summed E-state index contributed by atoms with van der Waals surface area (Å²) in [6.07, 6.45) is -5.74. The number of hydrogen-bond donors (Lipinski definition) is 2. The van der Waals surface area contributed by atoms with Gasteiger partial charge in [-0.3, -0.25) is 0 Å². The molecule has 2 N–H and O–H groups in total. The van der Waals surface area contributed by atoms with Crippen molar-refractivity contribution in [2.75, 3.05) is 13.2 Å². The number of alkyl carbamates (subject to hydrolysis) is 1. The maximum absolute atomic E-state index is 12.4. The van der Waals surface area contributed by atoms with Gasteiger partial charge in [-0.25, -0.2) is 4.79 Å². The maximum Gasteiger partial charge on any atom is 0.407 e. The Hall–Kier alpha value is -0.980. The molecule has 0 aliphatic rings. The minimum atomic E-state index is -4.36. The normalized spacial score (nSPS) is 14.2. The second kappa shape index (κ2) is 6.82. The third kappa shape index (κ3) is 8.16. The standard InChI is InChI=1S/C11H20F3NO3/c1-10(2,3)18-9(17)15-6-4-8(5-7-16)11(12,13)14/h8,16H,4-7H2,1-3H3,(H,15,17). The molecule has 18 heavy (non-hydrogen) atoms. The van der Waals surface area contributed by atoms with E-state index in [-0.39, 0.29) is 19.4 Å². The van der Waals surface area contributed by atoms with Gasteiger partial charge in [0.2, 0.25) is 0 Å². The molecule has 0 aromatic rings. The zero-order chi connectivity index (χ0) is 14.4. The summed E-state index contributed by atoms with van der Waals surface area (Å²) >= 11 is 0. The van der Waals surface area contributed by atoms with E-state index in [9.17, 15) is 18.0 Å². The first-order chi connectivity index (χ1) is 8.06. The summed E-state index contributed by atoms with van der Waals surface area (Å²) in [7, 11) is 0. The predicted molar refractivity (Wildman–Crippen MR) is 60.1 cm³/mol. The summed E-state index contributed by atoms with van der Waals surface area (Å²) in [5, 5.41) is 10.8. The van der Waals surface area contributed by atoms with Crippen LogP contribution in [0.15, 0.2) is 0 Å². The second-order valence-corrected chi connectivity index (χ2v) is 4.97. The number of amides is 1. The van der Waals surface area contributed by atoms with Crippen LogP contribution in [0, 0.1) is 5.92 Å². The number of carbonyl (C=O) groups is 1. The molecule has 0 aliphatic carbocycles. The van der Waals surface area contributed by atoms with Crippen molar-refractivity contribution in [1.82, 2.24) is 5.32 Å². The van der Waals surface area contributed by atoms with Gasteiger partial charge in [0.1, 0.15) is 5.60 Å². The van der Waals surface area contributed by atoms with Crippen LogP contribution < -0.4 is 5.32 Å². The van der Waals surface area contributed by atoms with Gasteiger partial charge >= 0.3 is 12.3 Å². The first-order valence-electron chi connectivity index (χ1n) is 5.70. The number of aliphatic hydroxyl groups is 1. The Balaban J connectivity index is 4.04. The largest absolute Gasteiger partial charge is 0.444 e. The fourth-order valence-electron chi connectivity index (χ4n) is 1.29. The molecule has 1 amide bonds. The van der Waals surface area contributed by atoms with Gasteiger partial charge in [-0.05, 0) is 33.6 Å². The van der Waals surface area contributed by atoms with Crippen LogP contribution in [0.25, 0.3) is 0 Å². The predicted octanol–water partition coefficient (Wildman–Crippen LogP) is 2.46. The fraction of sp³-hybridized carbons (Fsp3) is 0.909. The number of alkyl halides is 3. The van der Waals surface area contributed by atoms with E-state index in [2.05, 4.69) is 5.32 Å². The van der Waals surface area contributed by atoms with Gasteiger partial charge in [0.25, 0.3) is 0 Å². The number of carbonyl (C=O) groups excluding carboxylic acids is 1. The van der Waals surface area contributed by atoms with Gasteiger partial charge in [0.15, 0.2) is 0 Å². The van der Waals surface area contributed by atoms with Crippen LogP contribution >= 0.6 is 0 Å². The molecular weight excluding hydrogens is 251 g/mol. The minimum Gasteiger partial charge on any atom is -0.444 e.